The normalized spacial score (nSPS) is 10.6. The molecule has 3 heteroatoms. The van der Waals surface area contributed by atoms with E-state index in [1.807, 2.05) is 12.1 Å². The van der Waals surface area contributed by atoms with Crippen LogP contribution in [0.4, 0.5) is 0 Å². The molecule has 27 heavy (non-hydrogen) atoms. The molecule has 0 heterocycles. The lowest BCUT2D eigenvalue weighted by Crippen LogP contribution is -2.22. The predicted octanol–water partition coefficient (Wildman–Crippen LogP) is 4.67. The van der Waals surface area contributed by atoms with Crippen molar-refractivity contribution in [2.75, 3.05) is 13.2 Å². The number of hydrogen-bond donors (Lipinski definition) is 1. The van der Waals surface area contributed by atoms with Crippen molar-refractivity contribution in [2.24, 2.45) is 0 Å². The Kier molecular flexibility index (Phi) is 6.26. The zero-order chi connectivity index (χ0) is 19.1. The smallest absolute Gasteiger partial charge is 0.216 e. The fourth-order valence-electron chi connectivity index (χ4n) is 3.24. The molecule has 1 amide bonds. The van der Waals surface area contributed by atoms with E-state index in [1.165, 1.54) is 27.5 Å². The highest BCUT2D eigenvalue weighted by Crippen LogP contribution is 2.27. The molecule has 0 unspecified atom stereocenters. The molecule has 138 valence electrons. The van der Waals surface area contributed by atoms with Crippen LogP contribution in [-0.4, -0.2) is 19.1 Å². The number of rotatable bonds is 8. The van der Waals surface area contributed by atoms with Gasteiger partial charge in [-0.1, -0.05) is 61.2 Å². The van der Waals surface area contributed by atoms with Gasteiger partial charge in [-0.05, 0) is 52.4 Å². The largest absolute Gasteiger partial charge is 0.490 e. The van der Waals surface area contributed by atoms with E-state index in [2.05, 4.69) is 60.4 Å². The van der Waals surface area contributed by atoms with E-state index >= 15 is 0 Å². The summed E-state index contributed by atoms with van der Waals surface area (Å²) in [5.41, 5.74) is 3.78. The van der Waals surface area contributed by atoms with Gasteiger partial charge in [-0.25, -0.2) is 0 Å². The molecule has 3 nitrogen and oxygen atoms in total. The van der Waals surface area contributed by atoms with E-state index in [1.54, 1.807) is 13.0 Å². The zero-order valence-electron chi connectivity index (χ0n) is 15.7. The molecule has 1 N–H and O–H groups in total. The monoisotopic (exact) mass is 359 g/mol. The number of ether oxygens (including phenoxy) is 1. The van der Waals surface area contributed by atoms with Gasteiger partial charge in [0.15, 0.2) is 0 Å². The van der Waals surface area contributed by atoms with E-state index in [4.69, 9.17) is 4.74 Å². The minimum atomic E-state index is -0.00486. The molecule has 0 aromatic heterocycles. The summed E-state index contributed by atoms with van der Waals surface area (Å²) < 4.78 is 5.70. The molecule has 0 saturated heterocycles. The SMILES string of the molecule is C=CCOc1ccc2cc(Cc3ccccc3)cc(CCNC(C)=O)c2c1. The third-order valence-corrected chi connectivity index (χ3v) is 4.46. The summed E-state index contributed by atoms with van der Waals surface area (Å²) in [6.45, 7) is 6.35. The third kappa shape index (κ3) is 5.20. The molecule has 0 bridgehead atoms. The highest BCUT2D eigenvalue weighted by molar-refractivity contribution is 5.88. The first-order chi connectivity index (χ1) is 13.2. The summed E-state index contributed by atoms with van der Waals surface area (Å²) in [6, 6.07) is 21.1. The van der Waals surface area contributed by atoms with Crippen molar-refractivity contribution >= 4 is 16.7 Å². The Balaban J connectivity index is 1.95. The second-order valence-corrected chi connectivity index (χ2v) is 6.63. The van der Waals surface area contributed by atoms with Gasteiger partial charge in [0.05, 0.1) is 0 Å². The standard InChI is InChI=1S/C24H25NO2/c1-3-13-27-23-10-9-21-15-20(14-19-7-5-4-6-8-19)16-22(24(21)17-23)11-12-25-18(2)26/h3-10,15-17H,1,11-14H2,2H3,(H,25,26). The van der Waals surface area contributed by atoms with Crippen LogP contribution in [0.3, 0.4) is 0 Å². The first-order valence-electron chi connectivity index (χ1n) is 9.23. The highest BCUT2D eigenvalue weighted by atomic mass is 16.5. The summed E-state index contributed by atoms with van der Waals surface area (Å²) >= 11 is 0. The lowest BCUT2D eigenvalue weighted by molar-refractivity contribution is -0.118. The second kappa shape index (κ2) is 9.04. The predicted molar refractivity (Wildman–Crippen MR) is 111 cm³/mol. The fraction of sp³-hybridized carbons (Fsp3) is 0.208. The first-order valence-corrected chi connectivity index (χ1v) is 9.23. The molecule has 0 fully saturated rings. The quantitative estimate of drug-likeness (QED) is 0.593. The molecule has 0 radical (unpaired) electrons. The topological polar surface area (TPSA) is 38.3 Å². The Morgan fingerprint density at radius 3 is 2.63 bits per heavy atom. The van der Waals surface area contributed by atoms with Crippen molar-refractivity contribution in [3.8, 4) is 5.75 Å². The van der Waals surface area contributed by atoms with Crippen LogP contribution in [-0.2, 0) is 17.6 Å². The molecule has 0 aliphatic heterocycles. The third-order valence-electron chi connectivity index (χ3n) is 4.46. The van der Waals surface area contributed by atoms with Gasteiger partial charge in [0.2, 0.25) is 5.91 Å². The number of carbonyl (C=O) groups excluding carboxylic acids is 1. The van der Waals surface area contributed by atoms with Crippen LogP contribution < -0.4 is 10.1 Å². The van der Waals surface area contributed by atoms with Gasteiger partial charge in [0.25, 0.3) is 0 Å². The van der Waals surface area contributed by atoms with Crippen LogP contribution in [0, 0.1) is 0 Å². The number of benzene rings is 3. The minimum absolute atomic E-state index is 0.00486. The van der Waals surface area contributed by atoms with Crippen molar-refractivity contribution in [1.29, 1.82) is 0 Å². The number of amides is 1. The molecule has 0 atom stereocenters. The Labute approximate surface area is 160 Å². The van der Waals surface area contributed by atoms with Gasteiger partial charge in [0.1, 0.15) is 12.4 Å². The summed E-state index contributed by atoms with van der Waals surface area (Å²) in [7, 11) is 0. The molecule has 0 aliphatic carbocycles. The zero-order valence-corrected chi connectivity index (χ0v) is 15.7. The average molecular weight is 359 g/mol. The van der Waals surface area contributed by atoms with Crippen LogP contribution in [0.15, 0.2) is 73.3 Å². The van der Waals surface area contributed by atoms with Crippen molar-refractivity contribution < 1.29 is 9.53 Å². The van der Waals surface area contributed by atoms with Crippen LogP contribution in [0.1, 0.15) is 23.6 Å². The molecule has 3 aromatic rings. The number of fused-ring (bicyclic) bond motifs is 1. The van der Waals surface area contributed by atoms with E-state index in [-0.39, 0.29) is 5.91 Å². The molecular weight excluding hydrogens is 334 g/mol. The number of hydrogen-bond acceptors (Lipinski definition) is 2. The number of nitrogens with one attached hydrogen (secondary N) is 1. The molecular formula is C24H25NO2. The van der Waals surface area contributed by atoms with Gasteiger partial charge in [-0.2, -0.15) is 0 Å². The van der Waals surface area contributed by atoms with Gasteiger partial charge < -0.3 is 10.1 Å². The maximum Gasteiger partial charge on any atom is 0.216 e. The van der Waals surface area contributed by atoms with Crippen LogP contribution in [0.2, 0.25) is 0 Å². The van der Waals surface area contributed by atoms with Crippen LogP contribution in [0.25, 0.3) is 10.8 Å². The van der Waals surface area contributed by atoms with Gasteiger partial charge in [0, 0.05) is 13.5 Å². The van der Waals surface area contributed by atoms with Crippen molar-refractivity contribution in [2.45, 2.75) is 19.8 Å². The first kappa shape index (κ1) is 18.7. The van der Waals surface area contributed by atoms with Crippen molar-refractivity contribution in [1.82, 2.24) is 5.32 Å². The summed E-state index contributed by atoms with van der Waals surface area (Å²) in [4.78, 5) is 11.2. The van der Waals surface area contributed by atoms with Gasteiger partial charge in [-0.15, -0.1) is 0 Å². The maximum absolute atomic E-state index is 11.2. The molecule has 3 aromatic carbocycles. The van der Waals surface area contributed by atoms with Crippen LogP contribution >= 0.6 is 0 Å². The Bertz CT molecular complexity index is 932. The molecule has 3 rings (SSSR count). The Morgan fingerprint density at radius 2 is 1.89 bits per heavy atom. The minimum Gasteiger partial charge on any atom is -0.490 e. The molecule has 0 aliphatic rings. The van der Waals surface area contributed by atoms with E-state index in [0.29, 0.717) is 13.2 Å². The van der Waals surface area contributed by atoms with E-state index in [0.717, 1.165) is 18.6 Å². The highest BCUT2D eigenvalue weighted by Gasteiger charge is 2.08. The van der Waals surface area contributed by atoms with Gasteiger partial charge in [-0.3, -0.25) is 4.79 Å². The average Bonchev–Trinajstić information content (AvgIpc) is 2.67. The van der Waals surface area contributed by atoms with Gasteiger partial charge >= 0.3 is 0 Å². The van der Waals surface area contributed by atoms with Crippen LogP contribution in [0.5, 0.6) is 5.75 Å². The second-order valence-electron chi connectivity index (χ2n) is 6.63. The lowest BCUT2D eigenvalue weighted by atomic mass is 9.95. The maximum atomic E-state index is 11.2. The number of carbonyl (C=O) groups is 1. The summed E-state index contributed by atoms with van der Waals surface area (Å²) in [5.74, 6) is 0.828. The lowest BCUT2D eigenvalue weighted by Gasteiger charge is -2.13. The summed E-state index contributed by atoms with van der Waals surface area (Å²) in [5, 5.41) is 5.25. The fourth-order valence-corrected chi connectivity index (χ4v) is 3.24. The molecule has 0 spiro atoms. The Hall–Kier alpha value is -3.07. The van der Waals surface area contributed by atoms with E-state index in [9.17, 15) is 4.79 Å². The van der Waals surface area contributed by atoms with Crippen molar-refractivity contribution in [3.05, 3.63) is 90.0 Å². The van der Waals surface area contributed by atoms with E-state index < -0.39 is 0 Å². The van der Waals surface area contributed by atoms with Crippen molar-refractivity contribution in [3.63, 3.8) is 0 Å². The Morgan fingerprint density at radius 1 is 1.07 bits per heavy atom. The summed E-state index contributed by atoms with van der Waals surface area (Å²) in [6.07, 6.45) is 3.41. The molecule has 0 saturated carbocycles.